The van der Waals surface area contributed by atoms with E-state index < -0.39 is 0 Å². The van der Waals surface area contributed by atoms with Gasteiger partial charge in [-0.2, -0.15) is 15.9 Å². The Kier molecular flexibility index (Phi) is 3.93. The SMILES string of the molecule is [Re].[Rf].[c-]1nn[n-]c1-c1ccnnc1. The molecular formula is C6H3N5ReRf-2. The van der Waals surface area contributed by atoms with E-state index in [1.54, 1.807) is 18.5 Å². The number of hydrogen-bond acceptors (Lipinski definition) is 4. The van der Waals surface area contributed by atoms with Crippen molar-refractivity contribution in [2.24, 2.45) is 0 Å². The van der Waals surface area contributed by atoms with Crippen LogP contribution in [0, 0.1) is 6.20 Å². The molecule has 0 unspecified atom stereocenters. The van der Waals surface area contributed by atoms with Crippen LogP contribution in [0.25, 0.3) is 11.3 Å². The molecule has 0 aliphatic carbocycles. The predicted molar refractivity (Wildman–Crippen MR) is 35.2 cm³/mol. The van der Waals surface area contributed by atoms with Gasteiger partial charge < -0.3 is 10.2 Å². The summed E-state index contributed by atoms with van der Waals surface area (Å²) in [5.41, 5.74) is 1.42. The Hall–Kier alpha value is -2.12. The van der Waals surface area contributed by atoms with Crippen molar-refractivity contribution < 1.29 is 20.4 Å². The number of hydrogen-bond donors (Lipinski definition) is 0. The van der Waals surface area contributed by atoms with Crippen molar-refractivity contribution in [3.63, 3.8) is 0 Å². The third-order valence-corrected chi connectivity index (χ3v) is 1.20. The Morgan fingerprint density at radius 3 is 2.69 bits per heavy atom. The van der Waals surface area contributed by atoms with Crippen LogP contribution in [-0.4, -0.2) is 20.5 Å². The summed E-state index contributed by atoms with van der Waals surface area (Å²) >= 11 is 0. The van der Waals surface area contributed by atoms with Gasteiger partial charge in [-0.1, -0.05) is 0 Å². The zero-order chi connectivity index (χ0) is 7.52. The first-order valence-electron chi connectivity index (χ1n) is 2.97. The third kappa shape index (κ3) is 2.15. The van der Waals surface area contributed by atoms with E-state index in [0.717, 1.165) is 5.56 Å². The van der Waals surface area contributed by atoms with Crippen LogP contribution in [0.3, 0.4) is 0 Å². The fourth-order valence-electron chi connectivity index (χ4n) is 0.712. The topological polar surface area (TPSA) is 65.7 Å². The van der Waals surface area contributed by atoms with Crippen LogP contribution in [0.4, 0.5) is 0 Å². The summed E-state index contributed by atoms with van der Waals surface area (Å²) in [5.74, 6) is 0. The molecule has 2 rings (SSSR count). The van der Waals surface area contributed by atoms with Crippen molar-refractivity contribution in [1.29, 1.82) is 0 Å². The summed E-state index contributed by atoms with van der Waals surface area (Å²) in [5, 5.41) is 17.9. The van der Waals surface area contributed by atoms with Crippen molar-refractivity contribution >= 4 is 0 Å². The van der Waals surface area contributed by atoms with Crippen molar-refractivity contribution in [3.05, 3.63) is 24.7 Å². The quantitative estimate of drug-likeness (QED) is 0.422. The predicted octanol–water partition coefficient (Wildman–Crippen LogP) is -0.312. The molecule has 2 aromatic heterocycles. The second kappa shape index (κ2) is 4.70. The van der Waals surface area contributed by atoms with Crippen LogP contribution in [0.2, 0.25) is 0 Å². The van der Waals surface area contributed by atoms with E-state index in [-0.39, 0.29) is 20.4 Å². The molecule has 2 heterocycles. The van der Waals surface area contributed by atoms with E-state index in [9.17, 15) is 0 Å². The second-order valence-corrected chi connectivity index (χ2v) is 1.88. The Morgan fingerprint density at radius 2 is 2.15 bits per heavy atom. The monoisotopic (exact) mass is 599 g/mol. The minimum Gasteiger partial charge on any atom is -0.464 e. The van der Waals surface area contributed by atoms with E-state index in [1.807, 2.05) is 0 Å². The minimum absolute atomic E-state index is 0. The first kappa shape index (κ1) is 10.9. The molecule has 0 aromatic carbocycles. The van der Waals surface area contributed by atoms with Crippen molar-refractivity contribution in [3.8, 4) is 11.3 Å². The largest absolute Gasteiger partial charge is 0.464 e. The van der Waals surface area contributed by atoms with Gasteiger partial charge >= 0.3 is 0 Å². The summed E-state index contributed by atoms with van der Waals surface area (Å²) < 4.78 is 0. The number of rotatable bonds is 1. The summed E-state index contributed by atoms with van der Waals surface area (Å²) in [6.07, 6.45) is 5.78. The van der Waals surface area contributed by atoms with Gasteiger partial charge in [0.2, 0.25) is 0 Å². The second-order valence-electron chi connectivity index (χ2n) is 1.88. The third-order valence-electron chi connectivity index (χ3n) is 1.20. The average Bonchev–Trinajstić information content (AvgIpc) is 2.58. The van der Waals surface area contributed by atoms with Gasteiger partial charge in [0.1, 0.15) is 0 Å². The molecule has 0 N–H and O–H groups in total. The molecule has 0 atom stereocenters. The zero-order valence-electron chi connectivity index (χ0n) is 6.55. The molecule has 0 spiro atoms. The van der Waals surface area contributed by atoms with Gasteiger partial charge in [-0.25, -0.2) is 0 Å². The summed E-state index contributed by atoms with van der Waals surface area (Å²) in [6, 6.07) is 1.77. The molecular weight excluding hydrogens is 595 g/mol. The fourth-order valence-corrected chi connectivity index (χ4v) is 0.712. The summed E-state index contributed by atoms with van der Waals surface area (Å²) in [7, 11) is 0. The van der Waals surface area contributed by atoms with Gasteiger partial charge in [0.15, 0.2) is 0 Å². The van der Waals surface area contributed by atoms with Gasteiger partial charge in [-0.3, -0.25) is 11.4 Å². The van der Waals surface area contributed by atoms with E-state index >= 15 is 0 Å². The normalized spacial score (nSPS) is 8.31. The fraction of sp³-hybridized carbons (Fsp3) is 0. The van der Waals surface area contributed by atoms with E-state index in [4.69, 9.17) is 0 Å². The molecule has 0 aliphatic heterocycles. The van der Waals surface area contributed by atoms with Gasteiger partial charge in [0, 0.05) is 26.6 Å². The standard InChI is InChI=1S/C6H3N5.Re.Rf/c1-2-7-8-3-5(1)6-4-9-11-10-6;;/h1-3H;;/q-2;;. The van der Waals surface area contributed by atoms with E-state index in [2.05, 4.69) is 31.8 Å². The maximum atomic E-state index is 3.70. The molecule has 0 bridgehead atoms. The molecule has 5 nitrogen and oxygen atoms in total. The van der Waals surface area contributed by atoms with Gasteiger partial charge in [-0.05, 0) is 6.20 Å². The molecule has 0 saturated heterocycles. The van der Waals surface area contributed by atoms with Crippen LogP contribution < -0.4 is 5.10 Å². The molecule has 0 fully saturated rings. The Labute approximate surface area is 82.3 Å². The molecule has 2 aromatic rings. The first-order chi connectivity index (χ1) is 5.47. The maximum Gasteiger partial charge on any atom is 0.0324 e. The average molecular weight is 598 g/mol. The number of aromatic nitrogens is 5. The van der Waals surface area contributed by atoms with Crippen LogP contribution in [0.5, 0.6) is 0 Å². The van der Waals surface area contributed by atoms with Crippen LogP contribution in [0.1, 0.15) is 0 Å². The molecule has 7 heteroatoms. The molecule has 1 radical (unpaired) electrons. The van der Waals surface area contributed by atoms with Crippen LogP contribution in [-0.2, 0) is 20.4 Å². The molecule has 0 amide bonds. The van der Waals surface area contributed by atoms with Crippen molar-refractivity contribution in [1.82, 2.24) is 25.6 Å². The minimum atomic E-state index is 0. The molecule has 63 valence electrons. The van der Waals surface area contributed by atoms with Gasteiger partial charge in [-0.15, -0.1) is 11.6 Å². The zero-order valence-corrected chi connectivity index (χ0v) is 15.7. The van der Waals surface area contributed by atoms with Crippen molar-refractivity contribution in [2.45, 2.75) is 0 Å². The smallest absolute Gasteiger partial charge is 0.0324 e. The van der Waals surface area contributed by atoms with Gasteiger partial charge in [0.05, 0.1) is 0 Å². The first-order valence-corrected chi connectivity index (χ1v) is 2.97. The van der Waals surface area contributed by atoms with Crippen LogP contribution >= 0.6 is 0 Å². The van der Waals surface area contributed by atoms with Crippen LogP contribution in [0.15, 0.2) is 18.5 Å². The molecule has 13 heavy (non-hydrogen) atoms. The van der Waals surface area contributed by atoms with E-state index in [0.29, 0.717) is 5.69 Å². The Morgan fingerprint density at radius 1 is 1.31 bits per heavy atom. The summed E-state index contributed by atoms with van der Waals surface area (Å²) in [6.45, 7) is 0. The van der Waals surface area contributed by atoms with Crippen molar-refractivity contribution in [2.75, 3.05) is 0 Å². The number of nitrogens with zero attached hydrogens (tertiary/aromatic N) is 5. The molecule has 0 saturated carbocycles. The Bertz CT molecular complexity index is 324. The summed E-state index contributed by atoms with van der Waals surface area (Å²) in [4.78, 5) is 0. The maximum absolute atomic E-state index is 3.70. The molecule has 0 aliphatic rings. The Balaban J connectivity index is 0.000000720. The van der Waals surface area contributed by atoms with Gasteiger partial charge in [0.25, 0.3) is 0 Å². The van der Waals surface area contributed by atoms with E-state index in [1.165, 1.54) is 0 Å².